The van der Waals surface area contributed by atoms with Gasteiger partial charge in [-0.2, -0.15) is 0 Å². The highest BCUT2D eigenvalue weighted by Crippen LogP contribution is 2.16. The van der Waals surface area contributed by atoms with Crippen LogP contribution in [0.5, 0.6) is 5.75 Å². The van der Waals surface area contributed by atoms with Crippen molar-refractivity contribution >= 4 is 63.9 Å². The summed E-state index contributed by atoms with van der Waals surface area (Å²) in [4.78, 5) is 23.7. The third kappa shape index (κ3) is 8.03. The van der Waals surface area contributed by atoms with Crippen molar-refractivity contribution in [3.05, 3.63) is 53.6 Å². The maximum absolute atomic E-state index is 11.9. The van der Waals surface area contributed by atoms with Crippen molar-refractivity contribution in [1.29, 1.82) is 0 Å². The molecule has 0 spiro atoms. The first-order chi connectivity index (χ1) is 13.5. The average molecular weight is 439 g/mol. The van der Waals surface area contributed by atoms with Crippen LogP contribution in [-0.4, -0.2) is 35.5 Å². The normalized spacial score (nSPS) is 9.93. The summed E-state index contributed by atoms with van der Waals surface area (Å²) >= 11 is 12.2. The van der Waals surface area contributed by atoms with Crippen LogP contribution in [0.25, 0.3) is 0 Å². The molecule has 0 bridgehead atoms. The molecule has 2 aromatic carbocycles. The Morgan fingerprint density at radius 2 is 1.71 bits per heavy atom. The molecule has 0 aliphatic carbocycles. The zero-order valence-corrected chi connectivity index (χ0v) is 17.3. The van der Waals surface area contributed by atoms with E-state index in [0.717, 1.165) is 0 Å². The molecule has 0 heterocycles. The largest absolute Gasteiger partial charge is 0.497 e. The minimum Gasteiger partial charge on any atom is -0.497 e. The fourth-order valence-electron chi connectivity index (χ4n) is 2.00. The maximum atomic E-state index is 11.9. The minimum atomic E-state index is -0.308. The number of anilines is 2. The minimum absolute atomic E-state index is 0.100. The summed E-state index contributed by atoms with van der Waals surface area (Å²) in [6.07, 6.45) is 0. The quantitative estimate of drug-likeness (QED) is 0.390. The molecular formula is C18H19ClN4O3S2. The number of rotatable bonds is 7. The van der Waals surface area contributed by atoms with E-state index in [1.165, 1.54) is 11.8 Å². The molecule has 4 N–H and O–H groups in total. The standard InChI is InChI=1S/C18H19ClN4O3S2/c1-26-15-7-5-13(6-8-15)20-16(24)10-28-11-17(25)22-23-18(27)21-14-4-2-3-12(19)9-14/h2-9H,10-11H2,1H3,(H,20,24)(H,22,25)(H2,21,23,27). The zero-order chi connectivity index (χ0) is 20.4. The number of ether oxygens (including phenoxy) is 1. The molecule has 0 saturated carbocycles. The van der Waals surface area contributed by atoms with E-state index in [4.69, 9.17) is 28.6 Å². The van der Waals surface area contributed by atoms with Crippen molar-refractivity contribution in [2.75, 3.05) is 29.2 Å². The van der Waals surface area contributed by atoms with Gasteiger partial charge in [-0.15, -0.1) is 11.8 Å². The summed E-state index contributed by atoms with van der Waals surface area (Å²) in [5, 5.41) is 6.42. The molecule has 0 fully saturated rings. The van der Waals surface area contributed by atoms with Gasteiger partial charge in [0, 0.05) is 16.4 Å². The van der Waals surface area contributed by atoms with Crippen molar-refractivity contribution in [3.63, 3.8) is 0 Å². The van der Waals surface area contributed by atoms with Crippen molar-refractivity contribution in [2.24, 2.45) is 0 Å². The topological polar surface area (TPSA) is 91.5 Å². The Balaban J connectivity index is 1.62. The van der Waals surface area contributed by atoms with Gasteiger partial charge in [0.05, 0.1) is 18.6 Å². The number of nitrogens with one attached hydrogen (secondary N) is 4. The lowest BCUT2D eigenvalue weighted by atomic mass is 10.3. The Kier molecular flexibility index (Phi) is 8.86. The van der Waals surface area contributed by atoms with E-state index >= 15 is 0 Å². The van der Waals surface area contributed by atoms with Gasteiger partial charge in [-0.05, 0) is 54.7 Å². The molecule has 0 radical (unpaired) electrons. The number of benzene rings is 2. The van der Waals surface area contributed by atoms with E-state index < -0.39 is 0 Å². The maximum Gasteiger partial charge on any atom is 0.248 e. The summed E-state index contributed by atoms with van der Waals surface area (Å²) in [6.45, 7) is 0. The second-order valence-corrected chi connectivity index (χ2v) is 7.24. The van der Waals surface area contributed by atoms with Gasteiger partial charge in [0.15, 0.2) is 5.11 Å². The van der Waals surface area contributed by atoms with E-state index in [1.807, 2.05) is 0 Å². The SMILES string of the molecule is COc1ccc(NC(=O)CSCC(=O)NNC(=S)Nc2cccc(Cl)c2)cc1. The molecule has 0 aromatic heterocycles. The third-order valence-electron chi connectivity index (χ3n) is 3.24. The molecule has 2 aromatic rings. The van der Waals surface area contributed by atoms with Gasteiger partial charge < -0.3 is 15.4 Å². The van der Waals surface area contributed by atoms with Crippen molar-refractivity contribution in [1.82, 2.24) is 10.9 Å². The fraction of sp³-hybridized carbons (Fsp3) is 0.167. The van der Waals surface area contributed by atoms with Gasteiger partial charge in [0.1, 0.15) is 5.75 Å². The van der Waals surface area contributed by atoms with E-state index in [2.05, 4.69) is 21.5 Å². The van der Waals surface area contributed by atoms with Crippen LogP contribution in [0.3, 0.4) is 0 Å². The lowest BCUT2D eigenvalue weighted by Crippen LogP contribution is -2.44. The molecule has 0 aliphatic rings. The molecule has 2 amide bonds. The Morgan fingerprint density at radius 1 is 1.00 bits per heavy atom. The van der Waals surface area contributed by atoms with E-state index in [-0.39, 0.29) is 28.4 Å². The van der Waals surface area contributed by atoms with Crippen LogP contribution in [0, 0.1) is 0 Å². The molecule has 0 saturated heterocycles. The molecule has 0 aliphatic heterocycles. The first-order valence-electron chi connectivity index (χ1n) is 8.09. The Hall–Kier alpha value is -2.49. The van der Waals surface area contributed by atoms with Gasteiger partial charge in [-0.3, -0.25) is 20.4 Å². The lowest BCUT2D eigenvalue weighted by Gasteiger charge is -2.11. The number of thiocarbonyl (C=S) groups is 1. The number of carbonyl (C=O) groups excluding carboxylic acids is 2. The molecule has 0 unspecified atom stereocenters. The summed E-state index contributed by atoms with van der Waals surface area (Å²) < 4.78 is 5.06. The average Bonchev–Trinajstić information content (AvgIpc) is 2.67. The first-order valence-corrected chi connectivity index (χ1v) is 10.0. The van der Waals surface area contributed by atoms with E-state index in [9.17, 15) is 9.59 Å². The van der Waals surface area contributed by atoms with Crippen LogP contribution in [0.1, 0.15) is 0 Å². The molecule has 148 valence electrons. The number of thioether (sulfide) groups is 1. The first kappa shape index (κ1) is 21.8. The smallest absolute Gasteiger partial charge is 0.248 e. The highest BCUT2D eigenvalue weighted by atomic mass is 35.5. The van der Waals surface area contributed by atoms with Gasteiger partial charge >= 0.3 is 0 Å². The van der Waals surface area contributed by atoms with Gasteiger partial charge in [0.2, 0.25) is 11.8 Å². The monoisotopic (exact) mass is 438 g/mol. The predicted octanol–water partition coefficient (Wildman–Crippen LogP) is 3.04. The Labute approximate surface area is 177 Å². The number of carbonyl (C=O) groups is 2. The van der Waals surface area contributed by atoms with Crippen LogP contribution in [0.4, 0.5) is 11.4 Å². The Bertz CT molecular complexity index is 834. The lowest BCUT2D eigenvalue weighted by molar-refractivity contribution is -0.119. The summed E-state index contributed by atoms with van der Waals surface area (Å²) in [7, 11) is 1.57. The zero-order valence-electron chi connectivity index (χ0n) is 15.0. The van der Waals surface area contributed by atoms with E-state index in [1.54, 1.807) is 55.6 Å². The van der Waals surface area contributed by atoms with Crippen LogP contribution >= 0.6 is 35.6 Å². The number of hydrogen-bond donors (Lipinski definition) is 4. The summed E-state index contributed by atoms with van der Waals surface area (Å²) in [5.41, 5.74) is 6.41. The molecule has 28 heavy (non-hydrogen) atoms. The third-order valence-corrected chi connectivity index (χ3v) is 4.61. The van der Waals surface area contributed by atoms with Crippen molar-refractivity contribution < 1.29 is 14.3 Å². The number of hydrazine groups is 1. The van der Waals surface area contributed by atoms with Crippen molar-refractivity contribution in [3.8, 4) is 5.75 Å². The second-order valence-electron chi connectivity index (χ2n) is 5.41. The van der Waals surface area contributed by atoms with Crippen LogP contribution in [0.2, 0.25) is 5.02 Å². The highest BCUT2D eigenvalue weighted by molar-refractivity contribution is 8.00. The van der Waals surface area contributed by atoms with Crippen LogP contribution < -0.4 is 26.2 Å². The van der Waals surface area contributed by atoms with Crippen LogP contribution in [0.15, 0.2) is 48.5 Å². The second kappa shape index (κ2) is 11.4. The molecule has 2 rings (SSSR count). The van der Waals surface area contributed by atoms with Gasteiger partial charge in [0.25, 0.3) is 0 Å². The van der Waals surface area contributed by atoms with Crippen molar-refractivity contribution in [2.45, 2.75) is 0 Å². The number of hydrogen-bond acceptors (Lipinski definition) is 5. The molecule has 7 nitrogen and oxygen atoms in total. The fourth-order valence-corrected chi connectivity index (χ4v) is 2.98. The predicted molar refractivity (Wildman–Crippen MR) is 118 cm³/mol. The number of methoxy groups -OCH3 is 1. The van der Waals surface area contributed by atoms with Crippen LogP contribution in [-0.2, 0) is 9.59 Å². The summed E-state index contributed by atoms with van der Waals surface area (Å²) in [6, 6.07) is 14.0. The van der Waals surface area contributed by atoms with E-state index in [0.29, 0.717) is 22.1 Å². The Morgan fingerprint density at radius 3 is 2.39 bits per heavy atom. The van der Waals surface area contributed by atoms with Gasteiger partial charge in [-0.25, -0.2) is 0 Å². The molecule has 0 atom stereocenters. The summed E-state index contributed by atoms with van der Waals surface area (Å²) in [5.74, 6) is 0.443. The number of halogens is 1. The van der Waals surface area contributed by atoms with Gasteiger partial charge in [-0.1, -0.05) is 17.7 Å². The molecule has 10 heteroatoms. The number of amides is 2. The molecular weight excluding hydrogens is 420 g/mol. The highest BCUT2D eigenvalue weighted by Gasteiger charge is 2.07.